The van der Waals surface area contributed by atoms with Crippen LogP contribution in [0.15, 0.2) is 32.4 Å². The molecule has 0 aliphatic heterocycles. The van der Waals surface area contributed by atoms with E-state index in [0.29, 0.717) is 38.3 Å². The summed E-state index contributed by atoms with van der Waals surface area (Å²) in [6.45, 7) is 4.08. The summed E-state index contributed by atoms with van der Waals surface area (Å²) >= 11 is 15.0. The van der Waals surface area contributed by atoms with Gasteiger partial charge in [0.05, 0.1) is 26.6 Å². The van der Waals surface area contributed by atoms with Crippen molar-refractivity contribution >= 4 is 88.9 Å². The molecule has 0 unspecified atom stereocenters. The number of anilines is 2. The third kappa shape index (κ3) is 15.5. The molecule has 0 fully saturated rings. The van der Waals surface area contributed by atoms with E-state index < -0.39 is 17.9 Å². The number of nitrogens with one attached hydrogen (secondary N) is 2. The molecule has 0 saturated carbocycles. The number of halogens is 4. The minimum Gasteiger partial charge on any atom is -0.870 e. The quantitative estimate of drug-likeness (QED) is 0.150. The number of ether oxygens (including phenoxy) is 2. The summed E-state index contributed by atoms with van der Waals surface area (Å²) in [6, 6.07) is 0. The molecule has 6 N–H and O–H groups in total. The Bertz CT molecular complexity index is 1330. The van der Waals surface area contributed by atoms with E-state index in [4.69, 9.17) is 26.2 Å². The van der Waals surface area contributed by atoms with Crippen LogP contribution in [0.1, 0.15) is 54.2 Å². The Morgan fingerprint density at radius 3 is 1.50 bits per heavy atom. The summed E-state index contributed by atoms with van der Waals surface area (Å²) in [7, 11) is 4.86. The summed E-state index contributed by atoms with van der Waals surface area (Å²) in [6.07, 6.45) is 3.71. The Kier molecular flexibility index (Phi) is 29.5. The van der Waals surface area contributed by atoms with Gasteiger partial charge >= 0.3 is 38.2 Å². The zero-order chi connectivity index (χ0) is 31.5. The second kappa shape index (κ2) is 26.9. The van der Waals surface area contributed by atoms with Crippen molar-refractivity contribution in [2.75, 3.05) is 45.0 Å². The van der Waals surface area contributed by atoms with Gasteiger partial charge in [-0.25, -0.2) is 44.3 Å². The SMILES string of the molecule is C.CCOC(=O)c1ncnc(Cl)c1Br.CCOC(=O)c1ncnc(NC)c1Br.CN.CNc1ncnc(C(=O)O)c1Br.[H+].[Li+].[OH-]. The van der Waals surface area contributed by atoms with Gasteiger partial charge in [0.1, 0.15) is 35.8 Å². The molecule has 0 bridgehead atoms. The number of hydrogen-bond acceptors (Lipinski definition) is 15. The van der Waals surface area contributed by atoms with Gasteiger partial charge in [0.15, 0.2) is 17.1 Å². The summed E-state index contributed by atoms with van der Waals surface area (Å²) in [5, 5.41) is 14.4. The number of aromatic nitrogens is 6. The molecule has 44 heavy (non-hydrogen) atoms. The molecule has 0 aliphatic rings. The van der Waals surface area contributed by atoms with Crippen LogP contribution in [0.2, 0.25) is 5.15 Å². The normalized spacial score (nSPS) is 8.68. The van der Waals surface area contributed by atoms with Gasteiger partial charge in [-0.1, -0.05) is 19.0 Å². The maximum absolute atomic E-state index is 11.4. The van der Waals surface area contributed by atoms with Gasteiger partial charge in [-0.3, -0.25) is 0 Å². The van der Waals surface area contributed by atoms with Gasteiger partial charge in [0, 0.05) is 14.1 Å². The van der Waals surface area contributed by atoms with Crippen molar-refractivity contribution in [2.45, 2.75) is 21.3 Å². The Balaban J connectivity index is -0.000000166. The van der Waals surface area contributed by atoms with Crippen LogP contribution >= 0.6 is 59.4 Å². The zero-order valence-electron chi connectivity index (χ0n) is 24.9. The van der Waals surface area contributed by atoms with Gasteiger partial charge in [0.2, 0.25) is 0 Å². The van der Waals surface area contributed by atoms with Crippen LogP contribution in [0.4, 0.5) is 11.6 Å². The number of carboxylic acid groups (broad SMARTS) is 1. The van der Waals surface area contributed by atoms with Crippen LogP contribution in [0.5, 0.6) is 0 Å². The maximum atomic E-state index is 11.4. The number of aromatic carboxylic acids is 1. The van der Waals surface area contributed by atoms with Gasteiger partial charge in [-0.15, -0.1) is 0 Å². The van der Waals surface area contributed by atoms with E-state index in [1.165, 1.54) is 26.0 Å². The first-order valence-electron chi connectivity index (χ1n) is 11.2. The second-order valence-electron chi connectivity index (χ2n) is 6.34. The summed E-state index contributed by atoms with van der Waals surface area (Å²) in [5.74, 6) is -1.04. The Morgan fingerprint density at radius 1 is 0.795 bits per heavy atom. The van der Waals surface area contributed by atoms with Crippen molar-refractivity contribution in [3.05, 3.63) is 54.6 Å². The van der Waals surface area contributed by atoms with Gasteiger partial charge in [-0.2, -0.15) is 0 Å². The molecule has 21 heteroatoms. The Labute approximate surface area is 298 Å². The van der Waals surface area contributed by atoms with E-state index in [9.17, 15) is 14.4 Å². The summed E-state index contributed by atoms with van der Waals surface area (Å²) in [5.41, 5.74) is 4.82. The van der Waals surface area contributed by atoms with Crippen molar-refractivity contribution in [3.63, 3.8) is 0 Å². The van der Waals surface area contributed by atoms with E-state index in [1.54, 1.807) is 27.9 Å². The molecule has 240 valence electrons. The predicted molar refractivity (Wildman–Crippen MR) is 172 cm³/mol. The molecule has 3 heterocycles. The monoisotopic (exact) mass is 826 g/mol. The van der Waals surface area contributed by atoms with E-state index >= 15 is 0 Å². The fourth-order valence-corrected chi connectivity index (χ4v) is 3.91. The van der Waals surface area contributed by atoms with E-state index in [2.05, 4.69) is 94.1 Å². The first-order chi connectivity index (χ1) is 19.5. The standard InChI is InChI=1S/C8H10BrN3O2.C7H6BrClN2O2.C6H6BrN3O2.CH5N.CH4.Li.H2O/c1-3-14-8(13)6-5(9)7(10-2)12-4-11-6;1-2-13-7(12)5-4(8)6(9)11-3-10-5;1-8-5-3(7)4(6(11)12)9-2-10-5;1-2;;;/h4H,3H2,1-2H3,(H,10,11,12);3H,2H2,1H3;2H,1H3,(H,11,12)(H,8,9,10);2H2,1H3;1H4;;1H2/q;;;;;+1;. The molecule has 0 aromatic carbocycles. The Morgan fingerprint density at radius 2 is 1.14 bits per heavy atom. The molecule has 3 rings (SSSR count). The average molecular weight is 830 g/mol. The molecule has 16 nitrogen and oxygen atoms in total. The number of nitrogens with two attached hydrogens (primary N) is 1. The van der Waals surface area contributed by atoms with Crippen molar-refractivity contribution in [1.82, 2.24) is 29.9 Å². The van der Waals surface area contributed by atoms with Crippen LogP contribution in [0, 0.1) is 0 Å². The fourth-order valence-electron chi connectivity index (χ4n) is 2.27. The third-order valence-electron chi connectivity index (χ3n) is 3.94. The van der Waals surface area contributed by atoms with Crippen LogP contribution in [-0.4, -0.2) is 92.8 Å². The number of rotatable bonds is 7. The first kappa shape index (κ1) is 48.4. The molecule has 0 aliphatic carbocycles. The third-order valence-corrected chi connectivity index (χ3v) is 6.71. The van der Waals surface area contributed by atoms with Gasteiger partial charge in [0.25, 0.3) is 0 Å². The Hall–Kier alpha value is -2.50. The zero-order valence-corrected chi connectivity index (χ0v) is 29.4. The molecule has 0 radical (unpaired) electrons. The topological polar surface area (TPSA) is 247 Å². The number of carboxylic acids is 1. The number of nitrogens with zero attached hydrogens (tertiary/aromatic N) is 6. The van der Waals surface area contributed by atoms with Crippen LogP contribution in [-0.2, 0) is 9.47 Å². The van der Waals surface area contributed by atoms with Gasteiger partial charge < -0.3 is 36.4 Å². The van der Waals surface area contributed by atoms with Gasteiger partial charge in [-0.05, 0) is 68.7 Å². The second-order valence-corrected chi connectivity index (χ2v) is 9.08. The van der Waals surface area contributed by atoms with E-state index in [0.717, 1.165) is 0 Å². The fraction of sp³-hybridized carbons (Fsp3) is 0.348. The smallest absolute Gasteiger partial charge is 0.870 e. The van der Waals surface area contributed by atoms with Crippen molar-refractivity contribution in [2.24, 2.45) is 5.73 Å². The van der Waals surface area contributed by atoms with Crippen LogP contribution in [0.25, 0.3) is 0 Å². The number of carbonyl (C=O) groups excluding carboxylic acids is 2. The molecule has 3 aromatic rings. The van der Waals surface area contributed by atoms with Crippen molar-refractivity contribution in [1.29, 1.82) is 0 Å². The van der Waals surface area contributed by atoms with Crippen LogP contribution in [0.3, 0.4) is 0 Å². The molecule has 0 atom stereocenters. The molecule has 0 saturated heterocycles. The molecule has 3 aromatic heterocycles. The summed E-state index contributed by atoms with van der Waals surface area (Å²) < 4.78 is 10.8. The van der Waals surface area contributed by atoms with E-state index in [-0.39, 0.29) is 55.4 Å². The molecule has 0 spiro atoms. The number of esters is 2. The number of hydrogen-bond donors (Lipinski definition) is 4. The largest absolute Gasteiger partial charge is 1.00 e. The minimum atomic E-state index is -1.08. The van der Waals surface area contributed by atoms with E-state index in [1.807, 2.05) is 0 Å². The average Bonchev–Trinajstić information content (AvgIpc) is 2.96. The first-order valence-corrected chi connectivity index (χ1v) is 14.0. The predicted octanol–water partition coefficient (Wildman–Crippen LogP) is 1.66. The minimum absolute atomic E-state index is 0. The summed E-state index contributed by atoms with van der Waals surface area (Å²) in [4.78, 5) is 55.7. The molecular weight excluding hydrogens is 796 g/mol. The van der Waals surface area contributed by atoms with Crippen LogP contribution < -0.4 is 35.2 Å². The van der Waals surface area contributed by atoms with Crippen molar-refractivity contribution in [3.8, 4) is 0 Å². The van der Waals surface area contributed by atoms with Crippen molar-refractivity contribution < 1.29 is 54.7 Å². The maximum Gasteiger partial charge on any atom is 1.00 e. The molecule has 0 amide bonds. The molecular formula is C23H33Br3ClLiN9O7+. The number of carbonyl (C=O) groups is 3.